The predicted octanol–water partition coefficient (Wildman–Crippen LogP) is 1.14. The lowest BCUT2D eigenvalue weighted by molar-refractivity contribution is -0.120. The molecule has 1 saturated heterocycles. The van der Waals surface area contributed by atoms with E-state index >= 15 is 0 Å². The monoisotopic (exact) mass is 522 g/mol. The van der Waals surface area contributed by atoms with Gasteiger partial charge >= 0.3 is 0 Å². The first-order valence-electron chi connectivity index (χ1n) is 10.5. The topological polar surface area (TPSA) is 110 Å². The van der Waals surface area contributed by atoms with Crippen LogP contribution in [0.5, 0.6) is 0 Å². The molecular formula is C21H27BrN6O3S. The molecule has 1 atom stereocenters. The molecule has 1 unspecified atom stereocenters. The Morgan fingerprint density at radius 1 is 1.34 bits per heavy atom. The molecule has 4 aliphatic rings. The standard InChI is InChI=1S/C16H16BrN5O2S.C5H11NO/c17-11-2-1-3-12(8-11)22-6-5-21(10-15(22)23)16-18-9-14-13(19-20-16)4-7-25(14)24;1-6-5(4-7)2-3-5/h1-3,8-9,19H,4-7,10H2;6-7H,2-4H2,1H3. The third-order valence-corrected chi connectivity index (χ3v) is 7.89. The summed E-state index contributed by atoms with van der Waals surface area (Å²) in [6.45, 7) is 1.69. The number of nitrogens with zero attached hydrogens (tertiary/aromatic N) is 4. The van der Waals surface area contributed by atoms with Crippen molar-refractivity contribution >= 4 is 50.5 Å². The molecule has 1 aliphatic carbocycles. The summed E-state index contributed by atoms with van der Waals surface area (Å²) < 4.78 is 12.9. The lowest BCUT2D eigenvalue weighted by atomic mass is 10.2. The van der Waals surface area contributed by atoms with Gasteiger partial charge in [-0.25, -0.2) is 4.99 Å². The Hall–Kier alpha value is -2.08. The molecule has 0 radical (unpaired) electrons. The van der Waals surface area contributed by atoms with Crippen LogP contribution in [0.15, 0.2) is 49.4 Å². The number of aliphatic hydroxyl groups is 1. The summed E-state index contributed by atoms with van der Waals surface area (Å²) in [5, 5.41) is 15.9. The number of allylic oxidation sites excluding steroid dienone is 2. The molecule has 9 nitrogen and oxygen atoms in total. The Morgan fingerprint density at radius 3 is 2.78 bits per heavy atom. The minimum Gasteiger partial charge on any atom is -0.394 e. The largest absolute Gasteiger partial charge is 0.394 e. The van der Waals surface area contributed by atoms with E-state index in [1.54, 1.807) is 11.1 Å². The Morgan fingerprint density at radius 2 is 2.16 bits per heavy atom. The van der Waals surface area contributed by atoms with Crippen LogP contribution in [-0.2, 0) is 15.6 Å². The maximum absolute atomic E-state index is 12.6. The van der Waals surface area contributed by atoms with Crippen molar-refractivity contribution < 1.29 is 14.1 Å². The van der Waals surface area contributed by atoms with Crippen LogP contribution in [0.3, 0.4) is 0 Å². The predicted molar refractivity (Wildman–Crippen MR) is 130 cm³/mol. The van der Waals surface area contributed by atoms with Crippen molar-refractivity contribution in [3.63, 3.8) is 0 Å². The summed E-state index contributed by atoms with van der Waals surface area (Å²) in [6, 6.07) is 7.70. The van der Waals surface area contributed by atoms with E-state index < -0.39 is 10.8 Å². The number of hydrazone groups is 1. The highest BCUT2D eigenvalue weighted by Gasteiger charge is 2.39. The smallest absolute Gasteiger partial charge is 0.246 e. The Labute approximate surface area is 198 Å². The summed E-state index contributed by atoms with van der Waals surface area (Å²) in [6.07, 6.45) is 4.60. The summed E-state index contributed by atoms with van der Waals surface area (Å²) in [7, 11) is 0.878. The van der Waals surface area contributed by atoms with E-state index in [4.69, 9.17) is 5.11 Å². The second-order valence-electron chi connectivity index (χ2n) is 8.06. The van der Waals surface area contributed by atoms with E-state index in [1.165, 1.54) is 0 Å². The molecule has 3 heterocycles. The average Bonchev–Trinajstić information content (AvgIpc) is 3.55. The maximum Gasteiger partial charge on any atom is 0.246 e. The normalized spacial score (nSPS) is 23.7. The molecule has 5 rings (SSSR count). The van der Waals surface area contributed by atoms with Gasteiger partial charge in [0, 0.05) is 47.2 Å². The number of nitrogens with one attached hydrogen (secondary N) is 2. The summed E-state index contributed by atoms with van der Waals surface area (Å²) in [5.41, 5.74) is 4.83. The van der Waals surface area contributed by atoms with E-state index in [-0.39, 0.29) is 18.0 Å². The van der Waals surface area contributed by atoms with Gasteiger partial charge in [-0.2, -0.15) is 0 Å². The van der Waals surface area contributed by atoms with Gasteiger partial charge in [0.25, 0.3) is 0 Å². The van der Waals surface area contributed by atoms with Gasteiger partial charge in [0.2, 0.25) is 11.9 Å². The van der Waals surface area contributed by atoms with Gasteiger partial charge in [-0.15, -0.1) is 5.10 Å². The number of likely N-dealkylation sites (N-methyl/N-ethyl adjacent to an activating group) is 1. The van der Waals surface area contributed by atoms with Crippen molar-refractivity contribution in [2.45, 2.75) is 24.8 Å². The molecule has 1 aromatic rings. The highest BCUT2D eigenvalue weighted by atomic mass is 79.9. The Kier molecular flexibility index (Phi) is 7.08. The molecular weight excluding hydrogens is 496 g/mol. The van der Waals surface area contributed by atoms with E-state index in [0.29, 0.717) is 42.7 Å². The van der Waals surface area contributed by atoms with E-state index in [2.05, 4.69) is 36.8 Å². The molecule has 32 heavy (non-hydrogen) atoms. The van der Waals surface area contributed by atoms with Crippen molar-refractivity contribution in [3.05, 3.63) is 39.3 Å². The van der Waals surface area contributed by atoms with E-state index in [1.807, 2.05) is 36.2 Å². The number of guanidine groups is 1. The van der Waals surface area contributed by atoms with Gasteiger partial charge in [-0.3, -0.25) is 14.4 Å². The molecule has 0 spiro atoms. The zero-order valence-electron chi connectivity index (χ0n) is 17.9. The van der Waals surface area contributed by atoms with Crippen molar-refractivity contribution in [1.29, 1.82) is 0 Å². The lowest BCUT2D eigenvalue weighted by Crippen LogP contribution is -2.52. The van der Waals surface area contributed by atoms with Crippen LogP contribution >= 0.6 is 15.9 Å². The van der Waals surface area contributed by atoms with Crippen molar-refractivity contribution in [2.24, 2.45) is 10.1 Å². The molecule has 172 valence electrons. The van der Waals surface area contributed by atoms with Crippen LogP contribution in [0.2, 0.25) is 0 Å². The molecule has 3 N–H and O–H groups in total. The molecule has 1 saturated carbocycles. The van der Waals surface area contributed by atoms with Crippen molar-refractivity contribution in [2.75, 3.05) is 43.9 Å². The third-order valence-electron chi connectivity index (χ3n) is 5.98. The number of rotatable bonds is 3. The third kappa shape index (κ3) is 5.11. The van der Waals surface area contributed by atoms with Crippen LogP contribution in [0, 0.1) is 0 Å². The number of anilines is 1. The lowest BCUT2D eigenvalue weighted by Gasteiger charge is -2.34. The number of aliphatic hydroxyl groups excluding tert-OH is 1. The first kappa shape index (κ1) is 23.1. The number of aliphatic imine (C=N–C) groups is 1. The van der Waals surface area contributed by atoms with Gasteiger partial charge in [0.05, 0.1) is 28.0 Å². The molecule has 0 bridgehead atoms. The fourth-order valence-corrected chi connectivity index (χ4v) is 5.22. The molecule has 3 aliphatic heterocycles. The van der Waals surface area contributed by atoms with Gasteiger partial charge in [-0.1, -0.05) is 22.0 Å². The number of hydrogen-bond donors (Lipinski definition) is 3. The molecule has 2 fully saturated rings. The first-order valence-corrected chi connectivity index (χ1v) is 12.7. The van der Waals surface area contributed by atoms with Crippen LogP contribution in [0.4, 0.5) is 5.69 Å². The van der Waals surface area contributed by atoms with Crippen LogP contribution in [-0.4, -0.2) is 76.9 Å². The molecule has 0 aromatic heterocycles. The number of carbonyl (C=O) groups is 1. The fraction of sp³-hybridized carbons (Fsp3) is 0.476. The zero-order chi connectivity index (χ0) is 22.7. The molecule has 1 aromatic carbocycles. The summed E-state index contributed by atoms with van der Waals surface area (Å²) in [5.74, 6) is 1.06. The van der Waals surface area contributed by atoms with Crippen LogP contribution < -0.4 is 15.6 Å². The minimum absolute atomic E-state index is 0.00410. The first-order chi connectivity index (χ1) is 15.4. The number of carbonyl (C=O) groups excluding carboxylic acids is 1. The fourth-order valence-electron chi connectivity index (χ4n) is 3.63. The average molecular weight is 523 g/mol. The second-order valence-corrected chi connectivity index (χ2v) is 10.5. The number of amides is 1. The van der Waals surface area contributed by atoms with E-state index in [0.717, 1.165) is 28.7 Å². The summed E-state index contributed by atoms with van der Waals surface area (Å²) in [4.78, 5) is 21.2. The zero-order valence-corrected chi connectivity index (χ0v) is 20.3. The van der Waals surface area contributed by atoms with Gasteiger partial charge in [-0.05, 0) is 38.1 Å². The van der Waals surface area contributed by atoms with Gasteiger partial charge < -0.3 is 20.2 Å². The maximum atomic E-state index is 12.6. The number of benzene rings is 1. The van der Waals surface area contributed by atoms with Crippen molar-refractivity contribution in [3.8, 4) is 0 Å². The van der Waals surface area contributed by atoms with Crippen LogP contribution in [0.1, 0.15) is 19.3 Å². The Balaban J connectivity index is 0.000000300. The quantitative estimate of drug-likeness (QED) is 0.549. The number of halogens is 1. The van der Waals surface area contributed by atoms with Gasteiger partial charge in [0.15, 0.2) is 0 Å². The van der Waals surface area contributed by atoms with Crippen molar-refractivity contribution in [1.82, 2.24) is 15.6 Å². The Bertz CT molecular complexity index is 1000. The second kappa shape index (κ2) is 9.82. The summed E-state index contributed by atoms with van der Waals surface area (Å²) >= 11 is 3.44. The highest BCUT2D eigenvalue weighted by molar-refractivity contribution is 9.10. The number of hydrogen-bond acceptors (Lipinski definition) is 8. The molecule has 1 amide bonds. The SMILES string of the molecule is CNC1(CO)CC1.O=C1CN(C2=NNC3=C(C=N2)S(=O)CC3)CCN1c1cccc(Br)c1. The molecule has 11 heteroatoms. The van der Waals surface area contributed by atoms with Gasteiger partial charge in [0.1, 0.15) is 6.54 Å². The highest BCUT2D eigenvalue weighted by Crippen LogP contribution is 2.33. The van der Waals surface area contributed by atoms with E-state index in [9.17, 15) is 9.00 Å². The number of piperazine rings is 1. The minimum atomic E-state index is -1.01. The van der Waals surface area contributed by atoms with Crippen LogP contribution in [0.25, 0.3) is 0 Å².